The standard InChI is InChI=1S/C14H22N2O2/c1-9(2)10(3)16(4)14(17)11-6-7-12(15)13(8-11)18-5/h6-10H,15H2,1-5H3. The number of hydrogen-bond donors (Lipinski definition) is 1. The Morgan fingerprint density at radius 1 is 1.33 bits per heavy atom. The van der Waals surface area contributed by atoms with E-state index >= 15 is 0 Å². The first-order valence-electron chi connectivity index (χ1n) is 6.09. The highest BCUT2D eigenvalue weighted by Crippen LogP contribution is 2.23. The van der Waals surface area contributed by atoms with Crippen LogP contribution in [0.4, 0.5) is 5.69 Å². The average Bonchev–Trinajstić information content (AvgIpc) is 2.36. The molecule has 0 aliphatic rings. The van der Waals surface area contributed by atoms with Crippen molar-refractivity contribution in [3.8, 4) is 5.75 Å². The lowest BCUT2D eigenvalue weighted by molar-refractivity contribution is 0.0707. The predicted molar refractivity (Wildman–Crippen MR) is 73.8 cm³/mol. The molecule has 0 heterocycles. The third-order valence-corrected chi connectivity index (χ3v) is 3.38. The Morgan fingerprint density at radius 2 is 1.94 bits per heavy atom. The molecule has 4 nitrogen and oxygen atoms in total. The number of ether oxygens (including phenoxy) is 1. The third kappa shape index (κ3) is 2.94. The summed E-state index contributed by atoms with van der Waals surface area (Å²) in [5.74, 6) is 0.926. The van der Waals surface area contributed by atoms with Crippen LogP contribution >= 0.6 is 0 Å². The molecule has 1 rings (SSSR count). The van der Waals surface area contributed by atoms with Crippen LogP contribution < -0.4 is 10.5 Å². The van der Waals surface area contributed by atoms with Crippen molar-refractivity contribution in [1.29, 1.82) is 0 Å². The van der Waals surface area contributed by atoms with E-state index in [4.69, 9.17) is 10.5 Å². The molecule has 18 heavy (non-hydrogen) atoms. The SMILES string of the molecule is COc1cc(C(=O)N(C)C(C)C(C)C)ccc1N. The smallest absolute Gasteiger partial charge is 0.253 e. The fourth-order valence-electron chi connectivity index (χ4n) is 1.68. The first-order valence-corrected chi connectivity index (χ1v) is 6.09. The van der Waals surface area contributed by atoms with E-state index in [1.54, 1.807) is 30.2 Å². The summed E-state index contributed by atoms with van der Waals surface area (Å²) in [5.41, 5.74) is 6.86. The summed E-state index contributed by atoms with van der Waals surface area (Å²) in [5, 5.41) is 0. The van der Waals surface area contributed by atoms with Crippen molar-refractivity contribution in [2.24, 2.45) is 5.92 Å². The van der Waals surface area contributed by atoms with Gasteiger partial charge in [0, 0.05) is 18.7 Å². The first-order chi connectivity index (χ1) is 8.38. The molecule has 1 atom stereocenters. The van der Waals surface area contributed by atoms with Gasteiger partial charge in [-0.15, -0.1) is 0 Å². The predicted octanol–water partition coefficient (Wildman–Crippen LogP) is 2.39. The molecule has 0 fully saturated rings. The molecule has 1 unspecified atom stereocenters. The average molecular weight is 250 g/mol. The Hall–Kier alpha value is -1.71. The minimum Gasteiger partial charge on any atom is -0.495 e. The Labute approximate surface area is 109 Å². The van der Waals surface area contributed by atoms with Gasteiger partial charge in [0.05, 0.1) is 12.8 Å². The molecule has 1 aromatic carbocycles. The molecule has 0 spiro atoms. The fraction of sp³-hybridized carbons (Fsp3) is 0.500. The first kappa shape index (κ1) is 14.4. The topological polar surface area (TPSA) is 55.6 Å². The summed E-state index contributed by atoms with van der Waals surface area (Å²) >= 11 is 0. The van der Waals surface area contributed by atoms with Crippen LogP contribution in [-0.4, -0.2) is 31.0 Å². The van der Waals surface area contributed by atoms with Crippen LogP contribution in [0.25, 0.3) is 0 Å². The van der Waals surface area contributed by atoms with Crippen molar-refractivity contribution >= 4 is 11.6 Å². The number of nitrogen functional groups attached to an aromatic ring is 1. The van der Waals surface area contributed by atoms with Gasteiger partial charge in [0.25, 0.3) is 5.91 Å². The molecule has 0 saturated heterocycles. The van der Waals surface area contributed by atoms with Gasteiger partial charge >= 0.3 is 0 Å². The highest BCUT2D eigenvalue weighted by Gasteiger charge is 2.20. The maximum absolute atomic E-state index is 12.3. The molecule has 0 aliphatic carbocycles. The van der Waals surface area contributed by atoms with Crippen molar-refractivity contribution in [3.63, 3.8) is 0 Å². The summed E-state index contributed by atoms with van der Waals surface area (Å²) in [6.07, 6.45) is 0. The van der Waals surface area contributed by atoms with Gasteiger partial charge < -0.3 is 15.4 Å². The van der Waals surface area contributed by atoms with Crippen molar-refractivity contribution in [3.05, 3.63) is 23.8 Å². The second-order valence-corrected chi connectivity index (χ2v) is 4.86. The Morgan fingerprint density at radius 3 is 2.44 bits per heavy atom. The number of carbonyl (C=O) groups is 1. The third-order valence-electron chi connectivity index (χ3n) is 3.38. The summed E-state index contributed by atoms with van der Waals surface area (Å²) in [4.78, 5) is 14.0. The van der Waals surface area contributed by atoms with Gasteiger partial charge in [0.2, 0.25) is 0 Å². The van der Waals surface area contributed by atoms with Gasteiger partial charge in [-0.3, -0.25) is 4.79 Å². The lowest BCUT2D eigenvalue weighted by Crippen LogP contribution is -2.38. The molecule has 0 aliphatic heterocycles. The van der Waals surface area contributed by atoms with E-state index in [1.807, 2.05) is 14.0 Å². The number of carbonyl (C=O) groups excluding carboxylic acids is 1. The summed E-state index contributed by atoms with van der Waals surface area (Å²) in [7, 11) is 3.36. The van der Waals surface area contributed by atoms with Crippen molar-refractivity contribution < 1.29 is 9.53 Å². The van der Waals surface area contributed by atoms with E-state index in [0.29, 0.717) is 22.9 Å². The maximum Gasteiger partial charge on any atom is 0.253 e. The molecule has 100 valence electrons. The summed E-state index contributed by atoms with van der Waals surface area (Å²) < 4.78 is 5.13. The normalized spacial score (nSPS) is 12.3. The summed E-state index contributed by atoms with van der Waals surface area (Å²) in [6, 6.07) is 5.28. The lowest BCUT2D eigenvalue weighted by atomic mass is 10.0. The molecular weight excluding hydrogens is 228 g/mol. The molecule has 0 bridgehead atoms. The molecule has 2 N–H and O–H groups in total. The van der Waals surface area contributed by atoms with Crippen molar-refractivity contribution in [2.75, 3.05) is 19.9 Å². The number of hydrogen-bond acceptors (Lipinski definition) is 3. The number of anilines is 1. The van der Waals surface area contributed by atoms with Crippen molar-refractivity contribution in [2.45, 2.75) is 26.8 Å². The van der Waals surface area contributed by atoms with Crippen LogP contribution in [0.2, 0.25) is 0 Å². The van der Waals surface area contributed by atoms with Crippen LogP contribution in [0.1, 0.15) is 31.1 Å². The fourth-order valence-corrected chi connectivity index (χ4v) is 1.68. The van der Waals surface area contributed by atoms with E-state index in [9.17, 15) is 4.79 Å². The van der Waals surface area contributed by atoms with E-state index in [1.165, 1.54) is 0 Å². The molecule has 0 aromatic heterocycles. The van der Waals surface area contributed by atoms with E-state index in [0.717, 1.165) is 0 Å². The van der Waals surface area contributed by atoms with Crippen LogP contribution in [0.3, 0.4) is 0 Å². The Balaban J connectivity index is 2.97. The highest BCUT2D eigenvalue weighted by atomic mass is 16.5. The van der Waals surface area contributed by atoms with Crippen LogP contribution in [0, 0.1) is 5.92 Å². The van der Waals surface area contributed by atoms with Gasteiger partial charge in [-0.2, -0.15) is 0 Å². The monoisotopic (exact) mass is 250 g/mol. The van der Waals surface area contributed by atoms with Gasteiger partial charge in [-0.1, -0.05) is 13.8 Å². The number of benzene rings is 1. The molecule has 1 aromatic rings. The van der Waals surface area contributed by atoms with Crippen LogP contribution in [-0.2, 0) is 0 Å². The minimum absolute atomic E-state index is 0.0190. The van der Waals surface area contributed by atoms with Gasteiger partial charge in [-0.05, 0) is 31.0 Å². The number of amides is 1. The lowest BCUT2D eigenvalue weighted by Gasteiger charge is -2.28. The quantitative estimate of drug-likeness (QED) is 0.835. The molecule has 0 radical (unpaired) electrons. The largest absolute Gasteiger partial charge is 0.495 e. The highest BCUT2D eigenvalue weighted by molar-refractivity contribution is 5.95. The Kier molecular flexibility index (Phi) is 4.59. The molecule has 4 heteroatoms. The second kappa shape index (κ2) is 5.76. The number of nitrogens with two attached hydrogens (primary N) is 1. The molecule has 0 saturated carbocycles. The van der Waals surface area contributed by atoms with E-state index < -0.39 is 0 Å². The van der Waals surface area contributed by atoms with E-state index in [2.05, 4.69) is 13.8 Å². The van der Waals surface area contributed by atoms with Gasteiger partial charge in [-0.25, -0.2) is 0 Å². The second-order valence-electron chi connectivity index (χ2n) is 4.86. The zero-order valence-corrected chi connectivity index (χ0v) is 11.7. The number of methoxy groups -OCH3 is 1. The van der Waals surface area contributed by atoms with Crippen LogP contribution in [0.15, 0.2) is 18.2 Å². The van der Waals surface area contributed by atoms with Crippen LogP contribution in [0.5, 0.6) is 5.75 Å². The molecular formula is C14H22N2O2. The minimum atomic E-state index is -0.0190. The Bertz CT molecular complexity index is 430. The maximum atomic E-state index is 12.3. The zero-order chi connectivity index (χ0) is 13.9. The zero-order valence-electron chi connectivity index (χ0n) is 11.7. The summed E-state index contributed by atoms with van der Waals surface area (Å²) in [6.45, 7) is 6.23. The van der Waals surface area contributed by atoms with Crippen molar-refractivity contribution in [1.82, 2.24) is 4.90 Å². The molecule has 1 amide bonds. The van der Waals surface area contributed by atoms with E-state index in [-0.39, 0.29) is 11.9 Å². The number of nitrogens with zero attached hydrogens (tertiary/aromatic N) is 1. The van der Waals surface area contributed by atoms with Gasteiger partial charge in [0.15, 0.2) is 0 Å². The number of rotatable bonds is 4. The van der Waals surface area contributed by atoms with Gasteiger partial charge in [0.1, 0.15) is 5.75 Å².